The van der Waals surface area contributed by atoms with Crippen LogP contribution in [0.4, 0.5) is 13.2 Å². The number of carbonyl (C=O) groups excluding carboxylic acids is 1. The van der Waals surface area contributed by atoms with E-state index in [9.17, 15) is 18.0 Å². The Labute approximate surface area is 223 Å². The molecule has 5 aromatic rings. The Bertz CT molecular complexity index is 1660. The quantitative estimate of drug-likeness (QED) is 0.264. The normalized spacial score (nSPS) is 17.6. The van der Waals surface area contributed by atoms with Crippen molar-refractivity contribution in [3.05, 3.63) is 108 Å². The van der Waals surface area contributed by atoms with Gasteiger partial charge in [0.1, 0.15) is 5.82 Å². The molecule has 3 aromatic carbocycles. The predicted octanol–water partition coefficient (Wildman–Crippen LogP) is 7.46. The number of rotatable bonds is 4. The molecule has 1 fully saturated rings. The second-order valence-electron chi connectivity index (χ2n) is 10.0. The van der Waals surface area contributed by atoms with E-state index in [1.165, 1.54) is 6.07 Å². The van der Waals surface area contributed by atoms with Crippen LogP contribution in [0.5, 0.6) is 0 Å². The number of imidazole rings is 1. The molecule has 39 heavy (non-hydrogen) atoms. The Morgan fingerprint density at radius 3 is 2.49 bits per heavy atom. The van der Waals surface area contributed by atoms with E-state index in [1.807, 2.05) is 67.6 Å². The number of H-pyrrole nitrogens is 1. The van der Waals surface area contributed by atoms with Crippen molar-refractivity contribution in [3.63, 3.8) is 0 Å². The van der Waals surface area contributed by atoms with Crippen LogP contribution in [-0.2, 0) is 11.7 Å². The Morgan fingerprint density at radius 1 is 0.949 bits per heavy atom. The van der Waals surface area contributed by atoms with E-state index in [4.69, 9.17) is 0 Å². The molecule has 6 rings (SSSR count). The number of fused-ring (bicyclic) bond motifs is 1. The lowest BCUT2D eigenvalue weighted by Crippen LogP contribution is -2.43. The first kappa shape index (κ1) is 24.9. The van der Waals surface area contributed by atoms with Crippen molar-refractivity contribution in [1.82, 2.24) is 19.9 Å². The summed E-state index contributed by atoms with van der Waals surface area (Å²) < 4.78 is 39.9. The molecular weight excluding hydrogens is 501 g/mol. The fourth-order valence-corrected chi connectivity index (χ4v) is 5.43. The fraction of sp³-hybridized carbons (Fsp3) is 0.194. The summed E-state index contributed by atoms with van der Waals surface area (Å²) >= 11 is 0. The number of aromatic amines is 1. The second kappa shape index (κ2) is 9.38. The molecule has 196 valence electrons. The van der Waals surface area contributed by atoms with Gasteiger partial charge >= 0.3 is 6.18 Å². The average molecular weight is 527 g/mol. The first-order chi connectivity index (χ1) is 18.7. The molecule has 1 saturated heterocycles. The van der Waals surface area contributed by atoms with E-state index >= 15 is 0 Å². The molecule has 1 unspecified atom stereocenters. The topological polar surface area (TPSA) is 61.9 Å². The van der Waals surface area contributed by atoms with Gasteiger partial charge in [-0.25, -0.2) is 4.98 Å². The zero-order chi connectivity index (χ0) is 27.2. The Hall–Kier alpha value is -4.46. The van der Waals surface area contributed by atoms with Gasteiger partial charge in [-0.15, -0.1) is 0 Å². The molecule has 3 heterocycles. The highest BCUT2D eigenvalue weighted by Gasteiger charge is 2.44. The van der Waals surface area contributed by atoms with Crippen molar-refractivity contribution < 1.29 is 18.0 Å². The third-order valence-electron chi connectivity index (χ3n) is 7.54. The van der Waals surface area contributed by atoms with E-state index in [1.54, 1.807) is 17.3 Å². The van der Waals surface area contributed by atoms with Gasteiger partial charge in [0, 0.05) is 30.1 Å². The number of hydrogen-bond acceptors (Lipinski definition) is 3. The van der Waals surface area contributed by atoms with Gasteiger partial charge in [0.25, 0.3) is 5.91 Å². The summed E-state index contributed by atoms with van der Waals surface area (Å²) in [4.78, 5) is 28.1. The van der Waals surface area contributed by atoms with Crippen molar-refractivity contribution >= 4 is 16.9 Å². The lowest BCUT2D eigenvalue weighted by atomic mass is 9.92. The zero-order valence-electron chi connectivity index (χ0n) is 21.2. The third-order valence-corrected chi connectivity index (χ3v) is 7.54. The molecule has 1 aliphatic rings. The smallest absolute Gasteiger partial charge is 0.340 e. The van der Waals surface area contributed by atoms with Crippen LogP contribution < -0.4 is 0 Å². The number of hydrogen-bond donors (Lipinski definition) is 1. The van der Waals surface area contributed by atoms with Crippen LogP contribution in [0.3, 0.4) is 0 Å². The van der Waals surface area contributed by atoms with E-state index in [0.29, 0.717) is 35.4 Å². The van der Waals surface area contributed by atoms with E-state index in [2.05, 4.69) is 15.0 Å². The molecule has 0 bridgehead atoms. The number of likely N-dealkylation sites (tertiary alicyclic amines) is 1. The van der Waals surface area contributed by atoms with Crippen LogP contribution in [0.25, 0.3) is 33.3 Å². The number of amides is 1. The predicted molar refractivity (Wildman–Crippen MR) is 144 cm³/mol. The van der Waals surface area contributed by atoms with Gasteiger partial charge < -0.3 is 9.88 Å². The Balaban J connectivity index is 1.44. The van der Waals surface area contributed by atoms with Gasteiger partial charge in [-0.1, -0.05) is 48.5 Å². The molecule has 2 aromatic heterocycles. The van der Waals surface area contributed by atoms with Gasteiger partial charge in [-0.05, 0) is 66.8 Å². The molecule has 0 saturated carbocycles. The second-order valence-corrected chi connectivity index (χ2v) is 10.0. The highest BCUT2D eigenvalue weighted by atomic mass is 19.4. The minimum atomic E-state index is -4.45. The maximum atomic E-state index is 14.3. The first-order valence-electron chi connectivity index (χ1n) is 12.7. The van der Waals surface area contributed by atoms with Crippen molar-refractivity contribution in [2.45, 2.75) is 31.5 Å². The number of carbonyl (C=O) groups is 1. The number of alkyl halides is 3. The molecule has 5 nitrogen and oxygen atoms in total. The molecule has 1 aliphatic heterocycles. The molecule has 0 spiro atoms. The van der Waals surface area contributed by atoms with Gasteiger partial charge in [0.2, 0.25) is 0 Å². The number of benzene rings is 3. The zero-order valence-corrected chi connectivity index (χ0v) is 21.2. The molecular formula is C31H25F3N4O. The number of halogens is 3. The Kier molecular flexibility index (Phi) is 5.98. The standard InChI is InChI=1S/C31H25F3N4O/c1-30(29-36-26-13-11-23(31(32,33)34)18-27(26)37-29)14-6-16-38(30)28(39)25-17-21(22-9-5-15-35-19-22)10-12-24(25)20-7-3-2-4-8-20/h2-5,7-13,15,17-19H,6,14,16H2,1H3,(H,36,37). The molecule has 0 radical (unpaired) electrons. The van der Waals surface area contributed by atoms with Gasteiger partial charge in [-0.3, -0.25) is 9.78 Å². The third kappa shape index (κ3) is 4.46. The van der Waals surface area contributed by atoms with E-state index in [-0.39, 0.29) is 5.91 Å². The minimum absolute atomic E-state index is 0.156. The van der Waals surface area contributed by atoms with E-state index < -0.39 is 17.3 Å². The van der Waals surface area contributed by atoms with Crippen LogP contribution in [-0.4, -0.2) is 32.3 Å². The van der Waals surface area contributed by atoms with Gasteiger partial charge in [-0.2, -0.15) is 13.2 Å². The minimum Gasteiger partial charge on any atom is -0.340 e. The fourth-order valence-electron chi connectivity index (χ4n) is 5.43. The van der Waals surface area contributed by atoms with Gasteiger partial charge in [0.05, 0.1) is 22.1 Å². The van der Waals surface area contributed by atoms with Crippen LogP contribution in [0.2, 0.25) is 0 Å². The first-order valence-corrected chi connectivity index (χ1v) is 12.7. The molecule has 1 atom stereocenters. The monoisotopic (exact) mass is 526 g/mol. The maximum Gasteiger partial charge on any atom is 0.416 e. The summed E-state index contributed by atoms with van der Waals surface area (Å²) in [5, 5.41) is 0. The molecule has 1 N–H and O–H groups in total. The van der Waals surface area contributed by atoms with Crippen LogP contribution >= 0.6 is 0 Å². The van der Waals surface area contributed by atoms with Crippen LogP contribution in [0, 0.1) is 0 Å². The number of nitrogens with one attached hydrogen (secondary N) is 1. The lowest BCUT2D eigenvalue weighted by Gasteiger charge is -2.34. The summed E-state index contributed by atoms with van der Waals surface area (Å²) in [5.74, 6) is 0.323. The Morgan fingerprint density at radius 2 is 1.74 bits per heavy atom. The van der Waals surface area contributed by atoms with Gasteiger partial charge in [0.15, 0.2) is 0 Å². The van der Waals surface area contributed by atoms with Crippen molar-refractivity contribution in [2.24, 2.45) is 0 Å². The average Bonchev–Trinajstić information content (AvgIpc) is 3.57. The number of aromatic nitrogens is 3. The summed E-state index contributed by atoms with van der Waals surface area (Å²) in [6.07, 6.45) is 0.388. The molecule has 0 aliphatic carbocycles. The van der Waals surface area contributed by atoms with Crippen LogP contribution in [0.1, 0.15) is 41.5 Å². The van der Waals surface area contributed by atoms with E-state index in [0.717, 1.165) is 40.8 Å². The number of pyridine rings is 1. The lowest BCUT2D eigenvalue weighted by molar-refractivity contribution is -0.137. The summed E-state index contributed by atoms with van der Waals surface area (Å²) in [6, 6.07) is 22.8. The van der Waals surface area contributed by atoms with Crippen molar-refractivity contribution in [1.29, 1.82) is 0 Å². The van der Waals surface area contributed by atoms with Crippen molar-refractivity contribution in [3.8, 4) is 22.3 Å². The van der Waals surface area contributed by atoms with Crippen LogP contribution in [0.15, 0.2) is 91.3 Å². The number of nitrogens with zero attached hydrogens (tertiary/aromatic N) is 3. The molecule has 1 amide bonds. The van der Waals surface area contributed by atoms with Crippen molar-refractivity contribution in [2.75, 3.05) is 6.54 Å². The SMILES string of the molecule is CC1(c2nc3ccc(C(F)(F)F)cc3[nH]2)CCCN1C(=O)c1cc(-c2cccnc2)ccc1-c1ccccc1. The largest absolute Gasteiger partial charge is 0.416 e. The summed E-state index contributed by atoms with van der Waals surface area (Å²) in [7, 11) is 0. The maximum absolute atomic E-state index is 14.3. The highest BCUT2D eigenvalue weighted by molar-refractivity contribution is 6.02. The molecule has 8 heteroatoms. The highest BCUT2D eigenvalue weighted by Crippen LogP contribution is 2.41. The summed E-state index contributed by atoms with van der Waals surface area (Å²) in [5.41, 5.74) is 3.21. The summed E-state index contributed by atoms with van der Waals surface area (Å²) in [6.45, 7) is 2.43.